The molecule has 0 radical (unpaired) electrons. The van der Waals surface area contributed by atoms with Crippen molar-refractivity contribution in [3.05, 3.63) is 78.4 Å². The molecule has 1 heterocycles. The summed E-state index contributed by atoms with van der Waals surface area (Å²) in [6, 6.07) is 20.4. The van der Waals surface area contributed by atoms with E-state index in [2.05, 4.69) is 15.4 Å². The lowest BCUT2D eigenvalue weighted by Crippen LogP contribution is -2.30. The molecule has 0 saturated carbocycles. The molecule has 0 saturated heterocycles. The molecule has 0 fully saturated rings. The average Bonchev–Trinajstić information content (AvgIpc) is 3.24. The molecule has 0 aliphatic rings. The molecule has 0 aliphatic heterocycles. The summed E-state index contributed by atoms with van der Waals surface area (Å²) < 4.78 is 1.56. The zero-order chi connectivity index (χ0) is 24.3. The molecule has 0 aliphatic carbocycles. The van der Waals surface area contributed by atoms with Gasteiger partial charge in [0, 0.05) is 12.1 Å². The van der Waals surface area contributed by atoms with Crippen molar-refractivity contribution in [2.45, 2.75) is 25.9 Å². The largest absolute Gasteiger partial charge is 0.507 e. The van der Waals surface area contributed by atoms with E-state index in [-0.39, 0.29) is 17.4 Å². The molecular weight excluding hydrogens is 432 g/mol. The van der Waals surface area contributed by atoms with Crippen molar-refractivity contribution in [3.63, 3.8) is 0 Å². The molecule has 174 valence electrons. The van der Waals surface area contributed by atoms with E-state index in [1.54, 1.807) is 91.3 Å². The van der Waals surface area contributed by atoms with Crippen LogP contribution in [0.25, 0.3) is 28.5 Å². The first-order valence-electron chi connectivity index (χ1n) is 10.9. The van der Waals surface area contributed by atoms with Crippen molar-refractivity contribution in [2.75, 3.05) is 6.54 Å². The standard InChI is InChI=1S/C26H26N4O4/c1-26(2,34)15-16-27-25(33)17-11-13-18(14-12-17)30-24(20-8-4-6-10-22(20)32)28-23(29-30)19-7-3-5-9-21(19)31/h3-14,31-32,34H,15-16H2,1-2H3,(H,27,33). The van der Waals surface area contributed by atoms with Crippen LogP contribution in [0.15, 0.2) is 72.8 Å². The fourth-order valence-corrected chi connectivity index (χ4v) is 3.44. The van der Waals surface area contributed by atoms with Gasteiger partial charge in [-0.25, -0.2) is 9.67 Å². The van der Waals surface area contributed by atoms with Gasteiger partial charge in [-0.15, -0.1) is 5.10 Å². The molecule has 4 aromatic rings. The summed E-state index contributed by atoms with van der Waals surface area (Å²) in [5.41, 5.74) is 1.17. The van der Waals surface area contributed by atoms with Gasteiger partial charge in [-0.3, -0.25) is 4.79 Å². The van der Waals surface area contributed by atoms with Crippen LogP contribution in [0.3, 0.4) is 0 Å². The molecule has 1 amide bonds. The fourth-order valence-electron chi connectivity index (χ4n) is 3.44. The lowest BCUT2D eigenvalue weighted by molar-refractivity contribution is 0.0693. The highest BCUT2D eigenvalue weighted by atomic mass is 16.3. The molecular formula is C26H26N4O4. The van der Waals surface area contributed by atoms with Crippen molar-refractivity contribution >= 4 is 5.91 Å². The van der Waals surface area contributed by atoms with Crippen LogP contribution in [-0.4, -0.2) is 48.1 Å². The molecule has 1 aromatic heterocycles. The third-order valence-electron chi connectivity index (χ3n) is 5.29. The number of phenols is 2. The highest BCUT2D eigenvalue weighted by Gasteiger charge is 2.19. The van der Waals surface area contributed by atoms with Crippen LogP contribution < -0.4 is 5.32 Å². The Hall–Kier alpha value is -4.17. The number of amides is 1. The number of carbonyl (C=O) groups is 1. The Balaban J connectivity index is 1.69. The number of para-hydroxylation sites is 2. The molecule has 3 aromatic carbocycles. The Morgan fingerprint density at radius 3 is 2.09 bits per heavy atom. The summed E-state index contributed by atoms with van der Waals surface area (Å²) >= 11 is 0. The van der Waals surface area contributed by atoms with Crippen LogP contribution in [0.1, 0.15) is 30.6 Å². The Morgan fingerprint density at radius 1 is 0.912 bits per heavy atom. The van der Waals surface area contributed by atoms with Gasteiger partial charge in [0.25, 0.3) is 5.91 Å². The SMILES string of the molecule is CC(C)(O)CCNC(=O)c1ccc(-n2nc(-c3ccccc3O)nc2-c2ccccc2O)cc1. The summed E-state index contributed by atoms with van der Waals surface area (Å²) in [5.74, 6) is 0.526. The van der Waals surface area contributed by atoms with Crippen LogP contribution in [0.2, 0.25) is 0 Å². The lowest BCUT2D eigenvalue weighted by atomic mass is 10.1. The summed E-state index contributed by atoms with van der Waals surface area (Å²) in [6.45, 7) is 3.74. The Morgan fingerprint density at radius 2 is 1.50 bits per heavy atom. The predicted molar refractivity (Wildman–Crippen MR) is 129 cm³/mol. The normalized spacial score (nSPS) is 11.4. The maximum atomic E-state index is 12.4. The van der Waals surface area contributed by atoms with Gasteiger partial charge in [-0.1, -0.05) is 24.3 Å². The second-order valence-electron chi connectivity index (χ2n) is 8.57. The molecule has 4 N–H and O–H groups in total. The lowest BCUT2D eigenvalue weighted by Gasteiger charge is -2.17. The molecule has 0 bridgehead atoms. The smallest absolute Gasteiger partial charge is 0.251 e. The van der Waals surface area contributed by atoms with Gasteiger partial charge >= 0.3 is 0 Å². The molecule has 0 spiro atoms. The summed E-state index contributed by atoms with van der Waals surface area (Å²) in [7, 11) is 0. The molecule has 8 heteroatoms. The molecule has 0 atom stereocenters. The Bertz CT molecular complexity index is 1310. The first-order valence-corrected chi connectivity index (χ1v) is 10.9. The third kappa shape index (κ3) is 5.07. The maximum Gasteiger partial charge on any atom is 0.251 e. The maximum absolute atomic E-state index is 12.4. The number of hydrogen-bond acceptors (Lipinski definition) is 6. The predicted octanol–water partition coefficient (Wildman–Crippen LogP) is 3.90. The highest BCUT2D eigenvalue weighted by molar-refractivity contribution is 5.94. The molecule has 8 nitrogen and oxygen atoms in total. The molecule has 34 heavy (non-hydrogen) atoms. The Labute approximate surface area is 197 Å². The number of phenolic OH excluding ortho intramolecular Hbond substituents is 2. The monoisotopic (exact) mass is 458 g/mol. The van der Waals surface area contributed by atoms with Crippen molar-refractivity contribution < 1.29 is 20.1 Å². The number of aromatic nitrogens is 3. The van der Waals surface area contributed by atoms with Gasteiger partial charge in [0.2, 0.25) is 0 Å². The number of benzene rings is 3. The van der Waals surface area contributed by atoms with E-state index in [1.165, 1.54) is 0 Å². The van der Waals surface area contributed by atoms with Crippen LogP contribution in [0.5, 0.6) is 11.5 Å². The minimum Gasteiger partial charge on any atom is -0.507 e. The number of hydrogen-bond donors (Lipinski definition) is 4. The van der Waals surface area contributed by atoms with E-state index in [0.717, 1.165) is 0 Å². The van der Waals surface area contributed by atoms with Crippen molar-refractivity contribution in [1.29, 1.82) is 0 Å². The second kappa shape index (κ2) is 9.36. The minimum absolute atomic E-state index is 0.0431. The number of aromatic hydroxyl groups is 2. The zero-order valence-corrected chi connectivity index (χ0v) is 18.9. The van der Waals surface area contributed by atoms with E-state index in [1.807, 2.05) is 0 Å². The minimum atomic E-state index is -0.853. The van der Waals surface area contributed by atoms with E-state index in [0.29, 0.717) is 47.0 Å². The number of rotatable bonds is 7. The van der Waals surface area contributed by atoms with E-state index in [4.69, 9.17) is 0 Å². The van der Waals surface area contributed by atoms with Crippen LogP contribution in [0.4, 0.5) is 0 Å². The number of nitrogens with zero attached hydrogens (tertiary/aromatic N) is 3. The van der Waals surface area contributed by atoms with Gasteiger partial charge in [0.1, 0.15) is 11.5 Å². The first kappa shape index (κ1) is 23.0. The first-order chi connectivity index (χ1) is 16.2. The van der Waals surface area contributed by atoms with Gasteiger partial charge in [-0.05, 0) is 68.8 Å². The van der Waals surface area contributed by atoms with Crippen LogP contribution in [-0.2, 0) is 0 Å². The summed E-state index contributed by atoms with van der Waals surface area (Å²) in [5, 5.41) is 37.9. The Kier molecular flexibility index (Phi) is 6.34. The average molecular weight is 459 g/mol. The van der Waals surface area contributed by atoms with Crippen molar-refractivity contribution in [3.8, 4) is 40.0 Å². The van der Waals surface area contributed by atoms with Gasteiger partial charge in [0.05, 0.1) is 22.4 Å². The topological polar surface area (TPSA) is 121 Å². The van der Waals surface area contributed by atoms with Gasteiger partial charge in [-0.2, -0.15) is 0 Å². The van der Waals surface area contributed by atoms with Gasteiger partial charge < -0.3 is 20.6 Å². The van der Waals surface area contributed by atoms with E-state index < -0.39 is 5.60 Å². The molecule has 4 rings (SSSR count). The van der Waals surface area contributed by atoms with E-state index in [9.17, 15) is 20.1 Å². The molecule has 0 unspecified atom stereocenters. The zero-order valence-electron chi connectivity index (χ0n) is 18.9. The number of carbonyl (C=O) groups excluding carboxylic acids is 1. The van der Waals surface area contributed by atoms with Crippen molar-refractivity contribution in [1.82, 2.24) is 20.1 Å². The second-order valence-corrected chi connectivity index (χ2v) is 8.57. The summed E-state index contributed by atoms with van der Waals surface area (Å²) in [4.78, 5) is 17.0. The van der Waals surface area contributed by atoms with Crippen LogP contribution in [0, 0.1) is 0 Å². The number of nitrogens with one attached hydrogen (secondary N) is 1. The highest BCUT2D eigenvalue weighted by Crippen LogP contribution is 2.33. The van der Waals surface area contributed by atoms with Crippen LogP contribution >= 0.6 is 0 Å². The third-order valence-corrected chi connectivity index (χ3v) is 5.29. The summed E-state index contributed by atoms with van der Waals surface area (Å²) in [6.07, 6.45) is 0.439. The quantitative estimate of drug-likeness (QED) is 0.333. The van der Waals surface area contributed by atoms with Gasteiger partial charge in [0.15, 0.2) is 11.6 Å². The van der Waals surface area contributed by atoms with E-state index >= 15 is 0 Å². The fraction of sp³-hybridized carbons (Fsp3) is 0.192. The van der Waals surface area contributed by atoms with Crippen molar-refractivity contribution in [2.24, 2.45) is 0 Å². The number of aliphatic hydroxyl groups is 1.